The summed E-state index contributed by atoms with van der Waals surface area (Å²) < 4.78 is 16.1. The monoisotopic (exact) mass is 392 g/mol. The summed E-state index contributed by atoms with van der Waals surface area (Å²) in [5, 5.41) is 2.93. The minimum atomic E-state index is -0.269. The Morgan fingerprint density at radius 2 is 1.38 bits per heavy atom. The molecule has 2 amide bonds. The van der Waals surface area contributed by atoms with Crippen LogP contribution < -0.4 is 24.4 Å². The van der Waals surface area contributed by atoms with Crippen molar-refractivity contribution >= 4 is 17.4 Å². The molecule has 0 unspecified atom stereocenters. The van der Waals surface area contributed by atoms with Crippen LogP contribution in [0.15, 0.2) is 72.8 Å². The van der Waals surface area contributed by atoms with Crippen LogP contribution in [0.2, 0.25) is 0 Å². The molecule has 0 aliphatic rings. The number of methoxy groups -OCH3 is 3. The lowest BCUT2D eigenvalue weighted by molar-refractivity contribution is 0.256. The maximum Gasteiger partial charge on any atom is 0.326 e. The average molecular weight is 392 g/mol. The van der Waals surface area contributed by atoms with Gasteiger partial charge < -0.3 is 19.5 Å². The van der Waals surface area contributed by atoms with E-state index in [1.807, 2.05) is 60.7 Å². The number of anilines is 2. The molecular weight excluding hydrogens is 368 g/mol. The highest BCUT2D eigenvalue weighted by Gasteiger charge is 2.19. The number of ether oxygens (including phenoxy) is 3. The molecule has 29 heavy (non-hydrogen) atoms. The number of nitrogens with one attached hydrogen (secondary N) is 1. The van der Waals surface area contributed by atoms with E-state index in [4.69, 9.17) is 14.2 Å². The molecule has 0 bridgehead atoms. The second-order valence-corrected chi connectivity index (χ2v) is 6.25. The molecule has 0 radical (unpaired) electrons. The number of hydrogen-bond acceptors (Lipinski definition) is 4. The van der Waals surface area contributed by atoms with Gasteiger partial charge in [0.05, 0.1) is 33.6 Å². The Kier molecular flexibility index (Phi) is 6.58. The standard InChI is InChI=1S/C23H24N2O4/c1-27-20-14-18(15-21(28-2)22(20)29-3)24-23(26)25(19-12-8-5-9-13-19)16-17-10-6-4-7-11-17/h4-15H,16H2,1-3H3,(H,24,26). The molecule has 0 aromatic heterocycles. The fourth-order valence-corrected chi connectivity index (χ4v) is 3.00. The van der Waals surface area contributed by atoms with E-state index in [1.165, 1.54) is 21.3 Å². The number of carbonyl (C=O) groups excluding carboxylic acids is 1. The van der Waals surface area contributed by atoms with Gasteiger partial charge in [-0.05, 0) is 17.7 Å². The second kappa shape index (κ2) is 9.50. The van der Waals surface area contributed by atoms with Crippen LogP contribution in [0.4, 0.5) is 16.2 Å². The molecule has 0 fully saturated rings. The Hall–Kier alpha value is -3.67. The third-order valence-corrected chi connectivity index (χ3v) is 4.41. The lowest BCUT2D eigenvalue weighted by Crippen LogP contribution is -2.34. The molecule has 0 spiro atoms. The van der Waals surface area contributed by atoms with Gasteiger partial charge in [-0.2, -0.15) is 0 Å². The zero-order valence-electron chi connectivity index (χ0n) is 16.7. The van der Waals surface area contributed by atoms with Gasteiger partial charge in [0, 0.05) is 17.8 Å². The first kappa shape index (κ1) is 20.1. The fourth-order valence-electron chi connectivity index (χ4n) is 3.00. The molecule has 3 aromatic carbocycles. The third-order valence-electron chi connectivity index (χ3n) is 4.41. The smallest absolute Gasteiger partial charge is 0.326 e. The van der Waals surface area contributed by atoms with Crippen LogP contribution in [0.1, 0.15) is 5.56 Å². The van der Waals surface area contributed by atoms with Crippen LogP contribution in [-0.2, 0) is 6.54 Å². The van der Waals surface area contributed by atoms with E-state index in [9.17, 15) is 4.79 Å². The lowest BCUT2D eigenvalue weighted by Gasteiger charge is -2.24. The van der Waals surface area contributed by atoms with Gasteiger partial charge in [-0.25, -0.2) is 4.79 Å². The highest BCUT2D eigenvalue weighted by molar-refractivity contribution is 6.02. The number of hydrogen-bond donors (Lipinski definition) is 1. The molecular formula is C23H24N2O4. The zero-order valence-corrected chi connectivity index (χ0v) is 16.7. The number of urea groups is 1. The van der Waals surface area contributed by atoms with Crippen LogP contribution in [0, 0.1) is 0 Å². The minimum absolute atomic E-state index is 0.269. The van der Waals surface area contributed by atoms with Crippen molar-refractivity contribution in [3.05, 3.63) is 78.4 Å². The summed E-state index contributed by atoms with van der Waals surface area (Å²) >= 11 is 0. The molecule has 150 valence electrons. The van der Waals surface area contributed by atoms with Gasteiger partial charge in [0.15, 0.2) is 11.5 Å². The molecule has 6 heteroatoms. The number of para-hydroxylation sites is 1. The van der Waals surface area contributed by atoms with E-state index in [1.54, 1.807) is 17.0 Å². The molecule has 0 aliphatic carbocycles. The number of amides is 2. The van der Waals surface area contributed by atoms with Gasteiger partial charge in [-0.1, -0.05) is 48.5 Å². The van der Waals surface area contributed by atoms with Crippen LogP contribution in [0.3, 0.4) is 0 Å². The van der Waals surface area contributed by atoms with Gasteiger partial charge in [0.1, 0.15) is 0 Å². The van der Waals surface area contributed by atoms with Crippen LogP contribution in [-0.4, -0.2) is 27.4 Å². The largest absolute Gasteiger partial charge is 0.493 e. The maximum absolute atomic E-state index is 13.2. The van der Waals surface area contributed by atoms with E-state index < -0.39 is 0 Å². The van der Waals surface area contributed by atoms with Crippen molar-refractivity contribution in [2.75, 3.05) is 31.5 Å². The number of rotatable bonds is 7. The van der Waals surface area contributed by atoms with E-state index in [2.05, 4.69) is 5.32 Å². The van der Waals surface area contributed by atoms with E-state index in [-0.39, 0.29) is 6.03 Å². The van der Waals surface area contributed by atoms with Crippen molar-refractivity contribution in [1.29, 1.82) is 0 Å². The Labute approximate surface area is 170 Å². The molecule has 1 N–H and O–H groups in total. The summed E-state index contributed by atoms with van der Waals surface area (Å²) in [5.41, 5.74) is 2.36. The van der Waals surface area contributed by atoms with Crippen molar-refractivity contribution < 1.29 is 19.0 Å². The Morgan fingerprint density at radius 3 is 1.90 bits per heavy atom. The maximum atomic E-state index is 13.2. The molecule has 3 rings (SSSR count). The predicted molar refractivity (Wildman–Crippen MR) is 114 cm³/mol. The SMILES string of the molecule is COc1cc(NC(=O)N(Cc2ccccc2)c2ccccc2)cc(OC)c1OC. The Bertz CT molecular complexity index is 921. The quantitative estimate of drug-likeness (QED) is 0.618. The molecule has 6 nitrogen and oxygen atoms in total. The average Bonchev–Trinajstić information content (AvgIpc) is 2.77. The van der Waals surface area contributed by atoms with Crippen molar-refractivity contribution in [1.82, 2.24) is 0 Å². The third kappa shape index (κ3) is 4.79. The summed E-state index contributed by atoms with van der Waals surface area (Å²) in [4.78, 5) is 14.9. The van der Waals surface area contributed by atoms with Crippen molar-refractivity contribution in [2.45, 2.75) is 6.54 Å². The molecule has 0 saturated heterocycles. The first-order chi connectivity index (χ1) is 14.2. The molecule has 0 atom stereocenters. The van der Waals surface area contributed by atoms with E-state index in [0.29, 0.717) is 29.5 Å². The minimum Gasteiger partial charge on any atom is -0.493 e. The van der Waals surface area contributed by atoms with Gasteiger partial charge in [-0.15, -0.1) is 0 Å². The van der Waals surface area contributed by atoms with Gasteiger partial charge in [0.2, 0.25) is 5.75 Å². The van der Waals surface area contributed by atoms with Crippen molar-refractivity contribution in [3.8, 4) is 17.2 Å². The van der Waals surface area contributed by atoms with Crippen molar-refractivity contribution in [2.24, 2.45) is 0 Å². The number of nitrogens with zero attached hydrogens (tertiary/aromatic N) is 1. The van der Waals surface area contributed by atoms with E-state index in [0.717, 1.165) is 11.3 Å². The van der Waals surface area contributed by atoms with Crippen molar-refractivity contribution in [3.63, 3.8) is 0 Å². The van der Waals surface area contributed by atoms with Crippen LogP contribution in [0.5, 0.6) is 17.2 Å². The first-order valence-electron chi connectivity index (χ1n) is 9.13. The van der Waals surface area contributed by atoms with Crippen LogP contribution in [0.25, 0.3) is 0 Å². The zero-order chi connectivity index (χ0) is 20.6. The van der Waals surface area contributed by atoms with Gasteiger partial charge in [0.25, 0.3) is 0 Å². The molecule has 0 saturated carbocycles. The second-order valence-electron chi connectivity index (χ2n) is 6.25. The summed E-state index contributed by atoms with van der Waals surface area (Å²) in [6.07, 6.45) is 0. The predicted octanol–water partition coefficient (Wildman–Crippen LogP) is 4.95. The highest BCUT2D eigenvalue weighted by Crippen LogP contribution is 2.40. The van der Waals surface area contributed by atoms with Gasteiger partial charge >= 0.3 is 6.03 Å². The summed E-state index contributed by atoms with van der Waals surface area (Å²) in [7, 11) is 4.61. The fraction of sp³-hybridized carbons (Fsp3) is 0.174. The number of benzene rings is 3. The Balaban J connectivity index is 1.90. The topological polar surface area (TPSA) is 60.0 Å². The summed E-state index contributed by atoms with van der Waals surface area (Å²) in [6.45, 7) is 0.432. The molecule has 3 aromatic rings. The summed E-state index contributed by atoms with van der Waals surface area (Å²) in [6, 6.07) is 22.5. The normalized spacial score (nSPS) is 10.2. The number of carbonyl (C=O) groups is 1. The highest BCUT2D eigenvalue weighted by atomic mass is 16.5. The summed E-state index contributed by atoms with van der Waals surface area (Å²) in [5.74, 6) is 1.41. The first-order valence-corrected chi connectivity index (χ1v) is 9.13. The lowest BCUT2D eigenvalue weighted by atomic mass is 10.2. The Morgan fingerprint density at radius 1 is 0.828 bits per heavy atom. The molecule has 0 heterocycles. The van der Waals surface area contributed by atoms with Gasteiger partial charge in [-0.3, -0.25) is 4.90 Å². The molecule has 0 aliphatic heterocycles. The van der Waals surface area contributed by atoms with E-state index >= 15 is 0 Å². The van der Waals surface area contributed by atoms with Crippen LogP contribution >= 0.6 is 0 Å².